The molecule has 0 aliphatic carbocycles. The van der Waals surface area contributed by atoms with Crippen LogP contribution in [0.2, 0.25) is 0 Å². The fourth-order valence-electron chi connectivity index (χ4n) is 3.83. The molecule has 1 N–H and O–H groups in total. The summed E-state index contributed by atoms with van der Waals surface area (Å²) in [5, 5.41) is 12.6. The zero-order chi connectivity index (χ0) is 21.0. The third kappa shape index (κ3) is 2.63. The van der Waals surface area contributed by atoms with Crippen LogP contribution in [0.4, 0.5) is 0 Å². The molecule has 150 valence electrons. The zero-order valence-corrected chi connectivity index (χ0v) is 16.8. The Morgan fingerprint density at radius 2 is 1.71 bits per heavy atom. The Morgan fingerprint density at radius 3 is 2.58 bits per heavy atom. The molecule has 4 heterocycles. The maximum atomic E-state index is 13.1. The van der Waals surface area contributed by atoms with Gasteiger partial charge in [0, 0.05) is 23.2 Å². The highest BCUT2D eigenvalue weighted by Crippen LogP contribution is 2.32. The number of hydrogen-bond donors (Lipinski definition) is 1. The van der Waals surface area contributed by atoms with E-state index in [0.29, 0.717) is 11.2 Å². The third-order valence-corrected chi connectivity index (χ3v) is 7.00. The number of hydrogen-bond acceptors (Lipinski definition) is 6. The highest BCUT2D eigenvalue weighted by Gasteiger charge is 2.20. The molecule has 0 fully saturated rings. The number of aromatic nitrogens is 6. The highest BCUT2D eigenvalue weighted by atomic mass is 32.2. The van der Waals surface area contributed by atoms with Crippen molar-refractivity contribution >= 4 is 43.0 Å². The van der Waals surface area contributed by atoms with Gasteiger partial charge in [-0.25, -0.2) is 17.4 Å². The second-order valence-corrected chi connectivity index (χ2v) is 8.89. The van der Waals surface area contributed by atoms with Gasteiger partial charge >= 0.3 is 0 Å². The molecule has 0 saturated heterocycles. The predicted molar refractivity (Wildman–Crippen MR) is 117 cm³/mol. The lowest BCUT2D eigenvalue weighted by molar-refractivity contribution is 0.589. The van der Waals surface area contributed by atoms with Gasteiger partial charge in [-0.2, -0.15) is 15.4 Å². The van der Waals surface area contributed by atoms with Crippen molar-refractivity contribution in [3.8, 4) is 11.1 Å². The van der Waals surface area contributed by atoms with Crippen molar-refractivity contribution in [3.63, 3.8) is 0 Å². The topological polar surface area (TPSA) is 106 Å². The van der Waals surface area contributed by atoms with Crippen molar-refractivity contribution in [1.29, 1.82) is 0 Å². The van der Waals surface area contributed by atoms with E-state index in [-0.39, 0.29) is 4.90 Å². The van der Waals surface area contributed by atoms with Gasteiger partial charge in [0.05, 0.1) is 16.6 Å². The van der Waals surface area contributed by atoms with Crippen LogP contribution in [0.3, 0.4) is 0 Å². The van der Waals surface area contributed by atoms with Crippen molar-refractivity contribution in [1.82, 2.24) is 29.4 Å². The van der Waals surface area contributed by atoms with Crippen molar-refractivity contribution in [2.45, 2.75) is 4.90 Å². The van der Waals surface area contributed by atoms with Crippen molar-refractivity contribution in [2.24, 2.45) is 0 Å². The molecule has 0 radical (unpaired) electrons. The van der Waals surface area contributed by atoms with Crippen LogP contribution in [-0.2, 0) is 10.0 Å². The molecular formula is C22H14N6O2S. The molecule has 0 amide bonds. The normalized spacial score (nSPS) is 12.1. The number of pyridine rings is 2. The van der Waals surface area contributed by atoms with E-state index in [1.165, 1.54) is 3.97 Å². The molecule has 2 aromatic carbocycles. The average molecular weight is 426 g/mol. The SMILES string of the molecule is O=S(=O)(c1ccccc1)n1ccc2c(-c3ccc4ncc5n[nH]nc5c4c3)ccnc21. The summed E-state index contributed by atoms with van der Waals surface area (Å²) in [6.07, 6.45) is 4.84. The molecule has 6 rings (SSSR count). The molecule has 0 saturated carbocycles. The fraction of sp³-hybridized carbons (Fsp3) is 0. The summed E-state index contributed by atoms with van der Waals surface area (Å²) in [4.78, 5) is 9.01. The Morgan fingerprint density at radius 1 is 0.839 bits per heavy atom. The van der Waals surface area contributed by atoms with Gasteiger partial charge in [-0.1, -0.05) is 24.3 Å². The Bertz CT molecular complexity index is 1700. The van der Waals surface area contributed by atoms with Crippen LogP contribution in [-0.4, -0.2) is 37.8 Å². The van der Waals surface area contributed by atoms with E-state index in [1.54, 1.807) is 55.0 Å². The van der Waals surface area contributed by atoms with Crippen LogP contribution < -0.4 is 0 Å². The molecule has 31 heavy (non-hydrogen) atoms. The number of aromatic amines is 1. The summed E-state index contributed by atoms with van der Waals surface area (Å²) < 4.78 is 27.5. The van der Waals surface area contributed by atoms with Crippen LogP contribution in [0, 0.1) is 0 Å². The summed E-state index contributed by atoms with van der Waals surface area (Å²) in [6, 6.07) is 17.8. The first kappa shape index (κ1) is 17.7. The maximum Gasteiger partial charge on any atom is 0.269 e. The lowest BCUT2D eigenvalue weighted by Crippen LogP contribution is -2.12. The summed E-state index contributed by atoms with van der Waals surface area (Å²) >= 11 is 0. The first-order chi connectivity index (χ1) is 15.1. The molecule has 6 aromatic rings. The molecule has 0 aliphatic rings. The zero-order valence-electron chi connectivity index (χ0n) is 16.0. The standard InChI is InChI=1S/C22H14N6O2S/c29-31(30,15-4-2-1-3-5-15)28-11-9-17-16(8-10-23-22(17)28)14-6-7-19-18(12-14)21-20(13-24-19)25-27-26-21/h1-13H,(H,25,26,27). The summed E-state index contributed by atoms with van der Waals surface area (Å²) in [5.74, 6) is 0. The van der Waals surface area contributed by atoms with E-state index >= 15 is 0 Å². The minimum Gasteiger partial charge on any atom is -0.254 e. The second kappa shape index (κ2) is 6.44. The molecule has 4 aromatic heterocycles. The van der Waals surface area contributed by atoms with Gasteiger partial charge < -0.3 is 0 Å². The average Bonchev–Trinajstić information content (AvgIpc) is 3.47. The maximum absolute atomic E-state index is 13.1. The van der Waals surface area contributed by atoms with E-state index in [9.17, 15) is 8.42 Å². The molecule has 0 atom stereocenters. The number of nitrogens with zero attached hydrogens (tertiary/aromatic N) is 5. The molecule has 8 nitrogen and oxygen atoms in total. The Labute approximate surface area is 176 Å². The summed E-state index contributed by atoms with van der Waals surface area (Å²) in [7, 11) is -3.76. The van der Waals surface area contributed by atoms with Gasteiger partial charge in [-0.15, -0.1) is 0 Å². The Balaban J connectivity index is 1.57. The lowest BCUT2D eigenvalue weighted by atomic mass is 10.0. The number of H-pyrrole nitrogens is 1. The predicted octanol–water partition coefficient (Wildman–Crippen LogP) is 3.76. The van der Waals surface area contributed by atoms with Crippen LogP contribution in [0.1, 0.15) is 0 Å². The molecule has 0 bridgehead atoms. The lowest BCUT2D eigenvalue weighted by Gasteiger charge is -2.09. The summed E-state index contributed by atoms with van der Waals surface area (Å²) in [6.45, 7) is 0. The van der Waals surface area contributed by atoms with Gasteiger partial charge in [-0.3, -0.25) is 4.98 Å². The third-order valence-electron chi connectivity index (χ3n) is 5.32. The van der Waals surface area contributed by atoms with E-state index in [4.69, 9.17) is 0 Å². The molecule has 0 spiro atoms. The van der Waals surface area contributed by atoms with Gasteiger partial charge in [0.15, 0.2) is 5.65 Å². The molecule has 0 unspecified atom stereocenters. The van der Waals surface area contributed by atoms with Crippen LogP contribution in [0.15, 0.2) is 84.1 Å². The monoisotopic (exact) mass is 426 g/mol. The van der Waals surface area contributed by atoms with E-state index in [2.05, 4.69) is 25.4 Å². The number of fused-ring (bicyclic) bond motifs is 4. The van der Waals surface area contributed by atoms with Crippen molar-refractivity contribution in [3.05, 3.63) is 79.3 Å². The van der Waals surface area contributed by atoms with Gasteiger partial charge in [0.2, 0.25) is 0 Å². The molecular weight excluding hydrogens is 412 g/mol. The van der Waals surface area contributed by atoms with Gasteiger partial charge in [0.1, 0.15) is 11.0 Å². The minimum absolute atomic E-state index is 0.213. The van der Waals surface area contributed by atoms with Crippen molar-refractivity contribution < 1.29 is 8.42 Å². The first-order valence-electron chi connectivity index (χ1n) is 9.49. The van der Waals surface area contributed by atoms with Gasteiger partial charge in [-0.05, 0) is 47.5 Å². The number of benzene rings is 2. The molecule has 9 heteroatoms. The number of rotatable bonds is 3. The van der Waals surface area contributed by atoms with Crippen LogP contribution in [0.25, 0.3) is 44.1 Å². The van der Waals surface area contributed by atoms with Crippen molar-refractivity contribution in [2.75, 3.05) is 0 Å². The first-order valence-corrected chi connectivity index (χ1v) is 10.9. The second-order valence-electron chi connectivity index (χ2n) is 7.07. The Hall–Kier alpha value is -4.11. The van der Waals surface area contributed by atoms with E-state index in [1.807, 2.05) is 24.3 Å². The quantitative estimate of drug-likeness (QED) is 0.462. The number of nitrogens with one attached hydrogen (secondary N) is 1. The highest BCUT2D eigenvalue weighted by molar-refractivity contribution is 7.90. The largest absolute Gasteiger partial charge is 0.269 e. The fourth-order valence-corrected chi connectivity index (χ4v) is 5.15. The summed E-state index contributed by atoms with van der Waals surface area (Å²) in [5.41, 5.74) is 4.38. The van der Waals surface area contributed by atoms with Crippen LogP contribution >= 0.6 is 0 Å². The van der Waals surface area contributed by atoms with Gasteiger partial charge in [0.25, 0.3) is 10.0 Å². The minimum atomic E-state index is -3.76. The van der Waals surface area contributed by atoms with E-state index < -0.39 is 10.0 Å². The molecule has 0 aliphatic heterocycles. The van der Waals surface area contributed by atoms with Crippen LogP contribution in [0.5, 0.6) is 0 Å². The Kier molecular flexibility index (Phi) is 3.68. The smallest absolute Gasteiger partial charge is 0.254 e. The van der Waals surface area contributed by atoms with E-state index in [0.717, 1.165) is 32.9 Å².